The van der Waals surface area contributed by atoms with Crippen LogP contribution in [0.5, 0.6) is 11.5 Å². The van der Waals surface area contributed by atoms with Gasteiger partial charge in [0.15, 0.2) is 0 Å². The molecule has 0 bridgehead atoms. The number of allylic oxidation sites excluding steroid dienone is 1. The number of rotatable bonds is 17. The van der Waals surface area contributed by atoms with Gasteiger partial charge in [0, 0.05) is 86.8 Å². The molecule has 0 saturated carbocycles. The minimum atomic E-state index is -0.830. The van der Waals surface area contributed by atoms with E-state index in [2.05, 4.69) is 83.7 Å². The van der Waals surface area contributed by atoms with Crippen molar-refractivity contribution in [2.24, 2.45) is 0 Å². The molecule has 2 N–H and O–H groups in total. The van der Waals surface area contributed by atoms with Gasteiger partial charge in [-0.3, -0.25) is 14.5 Å². The number of nitrogens with zero attached hydrogens (tertiary/aromatic N) is 4. The van der Waals surface area contributed by atoms with E-state index in [4.69, 9.17) is 9.47 Å². The fraction of sp³-hybridized carbons (Fsp3) is 0.474. The summed E-state index contributed by atoms with van der Waals surface area (Å²) in [4.78, 5) is 31.4. The van der Waals surface area contributed by atoms with Crippen molar-refractivity contribution in [3.8, 4) is 11.5 Å². The first-order valence-corrected chi connectivity index (χ1v) is 17.0. The molecule has 0 spiro atoms. The number of carboxylic acid groups (broad SMARTS) is 2. The summed E-state index contributed by atoms with van der Waals surface area (Å²) in [5.74, 6) is 0.537. The molecular weight excluding hydrogens is 608 g/mol. The quantitative estimate of drug-likeness (QED) is 0.195. The number of carbonyl (C=O) groups is 2. The second-order valence-electron chi connectivity index (χ2n) is 12.5. The maximum Gasteiger partial charge on any atom is 0.305 e. The van der Waals surface area contributed by atoms with Crippen LogP contribution in [-0.4, -0.2) is 93.1 Å². The summed E-state index contributed by atoms with van der Waals surface area (Å²) in [7, 11) is 5.71. The van der Waals surface area contributed by atoms with Gasteiger partial charge in [-0.15, -0.1) is 0 Å². The largest absolute Gasteiger partial charge is 0.496 e. The average Bonchev–Trinajstić information content (AvgIpc) is 3.05. The molecule has 4 rings (SSSR count). The molecule has 2 aromatic carbocycles. The minimum absolute atomic E-state index is 0.0429. The number of carboxylic acids is 2. The van der Waals surface area contributed by atoms with E-state index in [1.54, 1.807) is 7.11 Å². The van der Waals surface area contributed by atoms with Crippen LogP contribution in [-0.2, 0) is 9.59 Å². The molecule has 2 aromatic rings. The van der Waals surface area contributed by atoms with Gasteiger partial charge in [0.2, 0.25) is 0 Å². The highest BCUT2D eigenvalue weighted by Gasteiger charge is 2.35. The van der Waals surface area contributed by atoms with Gasteiger partial charge in [-0.25, -0.2) is 0 Å². The molecule has 48 heavy (non-hydrogen) atoms. The topological polar surface area (TPSA) is 106 Å². The van der Waals surface area contributed by atoms with Gasteiger partial charge in [-0.1, -0.05) is 26.0 Å². The summed E-state index contributed by atoms with van der Waals surface area (Å²) in [5, 5.41) is 18.6. The first-order valence-electron chi connectivity index (χ1n) is 17.0. The first-order chi connectivity index (χ1) is 22.9. The van der Waals surface area contributed by atoms with Crippen LogP contribution >= 0.6 is 0 Å². The van der Waals surface area contributed by atoms with Crippen molar-refractivity contribution in [1.82, 2.24) is 4.90 Å². The number of fused-ring (bicyclic) bond motifs is 2. The Bertz CT molecular complexity index is 1590. The number of aliphatic carboxylic acids is 2. The third-order valence-corrected chi connectivity index (χ3v) is 9.38. The predicted molar refractivity (Wildman–Crippen MR) is 194 cm³/mol. The Labute approximate surface area is 285 Å². The Hall–Kier alpha value is -4.44. The zero-order valence-electron chi connectivity index (χ0n) is 29.8. The van der Waals surface area contributed by atoms with Crippen molar-refractivity contribution in [2.45, 2.75) is 59.4 Å². The van der Waals surface area contributed by atoms with Crippen LogP contribution in [0.15, 0.2) is 59.9 Å². The number of methoxy groups -OCH3 is 1. The smallest absolute Gasteiger partial charge is 0.305 e. The van der Waals surface area contributed by atoms with Crippen LogP contribution in [0.4, 0.5) is 17.1 Å². The summed E-state index contributed by atoms with van der Waals surface area (Å²) >= 11 is 0. The number of anilines is 3. The van der Waals surface area contributed by atoms with Gasteiger partial charge in [0.25, 0.3) is 0 Å². The Kier molecular flexibility index (Phi) is 11.9. The lowest BCUT2D eigenvalue weighted by Crippen LogP contribution is -2.44. The summed E-state index contributed by atoms with van der Waals surface area (Å²) in [6.07, 6.45) is 7.29. The lowest BCUT2D eigenvalue weighted by Gasteiger charge is -2.40. The highest BCUT2D eigenvalue weighted by Crippen LogP contribution is 2.49. The molecular formula is C38H52N4O6. The van der Waals surface area contributed by atoms with Gasteiger partial charge in [0.05, 0.1) is 30.4 Å². The molecule has 1 unspecified atom stereocenters. The average molecular weight is 661 g/mol. The van der Waals surface area contributed by atoms with E-state index in [0.29, 0.717) is 44.1 Å². The second kappa shape index (κ2) is 15.6. The Morgan fingerprint density at radius 2 is 1.54 bits per heavy atom. The van der Waals surface area contributed by atoms with E-state index in [1.165, 1.54) is 0 Å². The van der Waals surface area contributed by atoms with Crippen molar-refractivity contribution in [2.75, 3.05) is 75.2 Å². The maximum absolute atomic E-state index is 11.4. The van der Waals surface area contributed by atoms with Crippen LogP contribution in [0, 0.1) is 0 Å². The van der Waals surface area contributed by atoms with Crippen LogP contribution in [0.1, 0.15) is 65.0 Å². The monoisotopic (exact) mass is 660 g/mol. The van der Waals surface area contributed by atoms with E-state index in [9.17, 15) is 19.8 Å². The second-order valence-corrected chi connectivity index (χ2v) is 12.5. The number of ether oxygens (including phenoxy) is 2. The standard InChI is InChI=1S/C38H52N4O6/c1-9-40(21-18-36(45)46)26-15-16-27-33(22-26)48-34-25-38(5,42(11-3)12-4)19-17-28(34)37(27)29-23-30(39(6)7)31(24-32(29)47-8)41(10-2)20-13-14-35(43)44/h15-17,19,22-25H,9-14,18,20-21H2,1-8H3,(H,43,44)(H,45,46). The molecule has 1 atom stereocenters. The van der Waals surface area contributed by atoms with E-state index >= 15 is 0 Å². The number of likely N-dealkylation sites (N-methyl/N-ethyl adjacent to an activating group) is 1. The molecule has 1 heterocycles. The lowest BCUT2D eigenvalue weighted by atomic mass is 9.83. The molecule has 0 saturated heterocycles. The zero-order chi connectivity index (χ0) is 35.2. The molecule has 10 heteroatoms. The summed E-state index contributed by atoms with van der Waals surface area (Å²) in [5.41, 5.74) is 6.30. The Balaban J connectivity index is 1.95. The minimum Gasteiger partial charge on any atom is -0.496 e. The number of hydrogen-bond donors (Lipinski definition) is 2. The van der Waals surface area contributed by atoms with E-state index < -0.39 is 11.9 Å². The van der Waals surface area contributed by atoms with Crippen LogP contribution in [0.25, 0.3) is 5.57 Å². The normalized spacial score (nSPS) is 16.6. The fourth-order valence-electron chi connectivity index (χ4n) is 6.77. The van der Waals surface area contributed by atoms with E-state index in [-0.39, 0.29) is 18.4 Å². The van der Waals surface area contributed by atoms with Gasteiger partial charge < -0.3 is 34.4 Å². The van der Waals surface area contributed by atoms with Gasteiger partial charge in [-0.05, 0) is 64.6 Å². The lowest BCUT2D eigenvalue weighted by molar-refractivity contribution is -0.137. The number of benzene rings is 2. The molecule has 1 aliphatic carbocycles. The molecule has 1 aliphatic heterocycles. The van der Waals surface area contributed by atoms with E-state index in [1.807, 2.05) is 33.2 Å². The molecule has 10 nitrogen and oxygen atoms in total. The predicted octanol–water partition coefficient (Wildman–Crippen LogP) is 6.50. The van der Waals surface area contributed by atoms with Gasteiger partial charge in [-0.2, -0.15) is 0 Å². The van der Waals surface area contributed by atoms with Crippen LogP contribution < -0.4 is 24.2 Å². The molecule has 0 radical (unpaired) electrons. The van der Waals surface area contributed by atoms with Crippen molar-refractivity contribution >= 4 is 34.6 Å². The molecule has 0 aromatic heterocycles. The molecule has 2 aliphatic rings. The van der Waals surface area contributed by atoms with Crippen LogP contribution in [0.3, 0.4) is 0 Å². The first kappa shape index (κ1) is 36.4. The number of hydrogen-bond acceptors (Lipinski definition) is 8. The highest BCUT2D eigenvalue weighted by atomic mass is 16.5. The summed E-state index contributed by atoms with van der Waals surface area (Å²) in [6, 6.07) is 10.3. The fourth-order valence-corrected chi connectivity index (χ4v) is 6.77. The van der Waals surface area contributed by atoms with Crippen LogP contribution in [0.2, 0.25) is 0 Å². The molecule has 260 valence electrons. The molecule has 0 amide bonds. The van der Waals surface area contributed by atoms with Crippen molar-refractivity contribution in [1.29, 1.82) is 0 Å². The summed E-state index contributed by atoms with van der Waals surface area (Å²) < 4.78 is 12.9. The van der Waals surface area contributed by atoms with Crippen molar-refractivity contribution in [3.63, 3.8) is 0 Å². The Morgan fingerprint density at radius 3 is 2.12 bits per heavy atom. The Morgan fingerprint density at radius 1 is 0.854 bits per heavy atom. The van der Waals surface area contributed by atoms with Gasteiger partial charge in [0.1, 0.15) is 17.3 Å². The third-order valence-electron chi connectivity index (χ3n) is 9.38. The van der Waals surface area contributed by atoms with E-state index in [0.717, 1.165) is 58.2 Å². The zero-order valence-corrected chi connectivity index (χ0v) is 29.8. The SMILES string of the molecule is CCN(CCC(=O)O)c1ccc2c(c1)OC1=CC(C)(N(CC)CC)C=CC1=C2c1cc(N(C)C)c(N(CC)CCCC(=O)O)cc1OC. The molecule has 0 fully saturated rings. The highest BCUT2D eigenvalue weighted by molar-refractivity contribution is 5.95. The summed E-state index contributed by atoms with van der Waals surface area (Å²) in [6.45, 7) is 14.7. The van der Waals surface area contributed by atoms with Crippen molar-refractivity contribution in [3.05, 3.63) is 71.0 Å². The maximum atomic E-state index is 11.4. The van der Waals surface area contributed by atoms with Gasteiger partial charge >= 0.3 is 11.9 Å². The van der Waals surface area contributed by atoms with Crippen molar-refractivity contribution < 1.29 is 29.3 Å². The third kappa shape index (κ3) is 7.65.